The maximum atomic E-state index is 12.6. The number of carbonyl (C=O) groups is 2. The highest BCUT2D eigenvalue weighted by Gasteiger charge is 2.26. The van der Waals surface area contributed by atoms with E-state index in [1.54, 1.807) is 24.3 Å². The van der Waals surface area contributed by atoms with Crippen molar-refractivity contribution in [3.05, 3.63) is 59.9 Å². The molecule has 2 amide bonds. The van der Waals surface area contributed by atoms with Crippen LogP contribution in [0.5, 0.6) is 0 Å². The molecule has 3 heterocycles. The molecule has 0 spiro atoms. The lowest BCUT2D eigenvalue weighted by molar-refractivity contribution is 0.0834. The maximum Gasteiger partial charge on any atom is 0.323 e. The number of nitrogens with zero attached hydrogens (tertiary/aromatic N) is 5. The molecule has 0 radical (unpaired) electrons. The Morgan fingerprint density at radius 3 is 2.20 bits per heavy atom. The van der Waals surface area contributed by atoms with Crippen molar-refractivity contribution in [1.29, 1.82) is 0 Å². The lowest BCUT2D eigenvalue weighted by Crippen LogP contribution is -2.44. The zero-order valence-electron chi connectivity index (χ0n) is 23.8. The van der Waals surface area contributed by atoms with E-state index in [9.17, 15) is 9.59 Å². The largest absolute Gasteiger partial charge is 0.381 e. The van der Waals surface area contributed by atoms with Gasteiger partial charge in [-0.2, -0.15) is 9.97 Å². The van der Waals surface area contributed by atoms with Gasteiger partial charge in [-0.05, 0) is 82.4 Å². The number of ether oxygens (including phenoxy) is 2. The van der Waals surface area contributed by atoms with Crippen molar-refractivity contribution in [2.45, 2.75) is 31.7 Å². The minimum Gasteiger partial charge on any atom is -0.381 e. The summed E-state index contributed by atoms with van der Waals surface area (Å²) in [5.41, 5.74) is 2.66. The summed E-state index contributed by atoms with van der Waals surface area (Å²) >= 11 is 0. The summed E-state index contributed by atoms with van der Waals surface area (Å²) in [6, 6.07) is 14.1. The molecule has 2 N–H and O–H groups in total. The SMILES string of the molecule is C[C@@H]1COCCN1c1nc(-c2ccc(NC(=O)Nc3ccc(C(=O)CN(C)C)cc3)cc2)nc(C2CCOCC2)n1. The molecule has 2 aliphatic rings. The number of hydrogen-bond donors (Lipinski definition) is 2. The predicted molar refractivity (Wildman–Crippen MR) is 158 cm³/mol. The molecule has 11 heteroatoms. The van der Waals surface area contributed by atoms with Gasteiger partial charge >= 0.3 is 6.03 Å². The van der Waals surface area contributed by atoms with Crippen molar-refractivity contribution in [3.63, 3.8) is 0 Å². The Morgan fingerprint density at radius 2 is 1.56 bits per heavy atom. The van der Waals surface area contributed by atoms with Gasteiger partial charge in [0, 0.05) is 48.2 Å². The van der Waals surface area contributed by atoms with Crippen LogP contribution in [0, 0.1) is 0 Å². The minimum absolute atomic E-state index is 0.0238. The Kier molecular flexibility index (Phi) is 9.17. The number of ketones is 1. The number of nitrogens with one attached hydrogen (secondary N) is 2. The molecule has 3 aromatic rings. The number of benzene rings is 2. The molecular weight excluding hydrogens is 522 g/mol. The van der Waals surface area contributed by atoms with Crippen LogP contribution in [0.15, 0.2) is 48.5 Å². The molecule has 0 saturated carbocycles. The second-order valence-corrected chi connectivity index (χ2v) is 10.7. The van der Waals surface area contributed by atoms with Gasteiger partial charge in [0.2, 0.25) is 5.95 Å². The van der Waals surface area contributed by atoms with Crippen molar-refractivity contribution in [3.8, 4) is 11.4 Å². The van der Waals surface area contributed by atoms with E-state index in [1.807, 2.05) is 43.3 Å². The topological polar surface area (TPSA) is 122 Å². The second-order valence-electron chi connectivity index (χ2n) is 10.7. The molecule has 0 unspecified atom stereocenters. The van der Waals surface area contributed by atoms with Crippen molar-refractivity contribution < 1.29 is 19.1 Å². The van der Waals surface area contributed by atoms with E-state index in [1.165, 1.54) is 0 Å². The molecule has 1 aromatic heterocycles. The number of rotatable bonds is 8. The van der Waals surface area contributed by atoms with Gasteiger partial charge in [0.25, 0.3) is 0 Å². The van der Waals surface area contributed by atoms with E-state index in [0.29, 0.717) is 61.7 Å². The van der Waals surface area contributed by atoms with Crippen LogP contribution in [-0.4, -0.2) is 91.3 Å². The van der Waals surface area contributed by atoms with E-state index < -0.39 is 0 Å². The van der Waals surface area contributed by atoms with E-state index in [0.717, 1.165) is 30.8 Å². The first-order chi connectivity index (χ1) is 19.9. The first-order valence-electron chi connectivity index (χ1n) is 14.0. The average Bonchev–Trinajstić information content (AvgIpc) is 2.98. The molecule has 2 aromatic carbocycles. The van der Waals surface area contributed by atoms with Gasteiger partial charge < -0.3 is 29.9 Å². The molecule has 0 aliphatic carbocycles. The summed E-state index contributed by atoms with van der Waals surface area (Å²) in [6.07, 6.45) is 1.77. The van der Waals surface area contributed by atoms with Crippen LogP contribution in [0.2, 0.25) is 0 Å². The van der Waals surface area contributed by atoms with Gasteiger partial charge in [-0.15, -0.1) is 0 Å². The van der Waals surface area contributed by atoms with E-state index >= 15 is 0 Å². The van der Waals surface area contributed by atoms with Crippen LogP contribution in [0.4, 0.5) is 22.1 Å². The standard InChI is InChI=1S/C30H37N7O4/c1-20-19-41-17-14-37(20)29-34-27(33-28(35-29)23-12-15-40-16-13-23)22-6-10-25(11-7-22)32-30(39)31-24-8-4-21(5-9-24)26(38)18-36(2)3/h4-11,20,23H,12-19H2,1-3H3,(H2,31,32,39)/t20-/m1/s1. The minimum atomic E-state index is -0.379. The molecule has 41 heavy (non-hydrogen) atoms. The summed E-state index contributed by atoms with van der Waals surface area (Å²) < 4.78 is 11.2. The molecule has 2 aliphatic heterocycles. The Balaban J connectivity index is 1.28. The van der Waals surface area contributed by atoms with Crippen LogP contribution in [0.25, 0.3) is 11.4 Å². The molecule has 2 fully saturated rings. The summed E-state index contributed by atoms with van der Waals surface area (Å²) in [5, 5.41) is 5.66. The lowest BCUT2D eigenvalue weighted by Gasteiger charge is -2.34. The first-order valence-corrected chi connectivity index (χ1v) is 14.0. The van der Waals surface area contributed by atoms with Gasteiger partial charge in [0.05, 0.1) is 25.8 Å². The highest BCUT2D eigenvalue weighted by molar-refractivity contribution is 6.01. The molecule has 11 nitrogen and oxygen atoms in total. The number of carbonyl (C=O) groups excluding carboxylic acids is 2. The normalized spacial score (nSPS) is 17.9. The summed E-state index contributed by atoms with van der Waals surface area (Å²) in [5.74, 6) is 2.32. The smallest absolute Gasteiger partial charge is 0.323 e. The molecular formula is C30H37N7O4. The monoisotopic (exact) mass is 559 g/mol. The molecule has 0 bridgehead atoms. The first kappa shape index (κ1) is 28.6. The van der Waals surface area contributed by atoms with E-state index in [4.69, 9.17) is 24.4 Å². The van der Waals surface area contributed by atoms with Gasteiger partial charge in [-0.25, -0.2) is 9.78 Å². The summed E-state index contributed by atoms with van der Waals surface area (Å²) in [4.78, 5) is 43.4. The quantitative estimate of drug-likeness (QED) is 0.394. The fourth-order valence-electron chi connectivity index (χ4n) is 4.91. The van der Waals surface area contributed by atoms with Crippen LogP contribution < -0.4 is 15.5 Å². The van der Waals surface area contributed by atoms with Crippen LogP contribution in [0.3, 0.4) is 0 Å². The molecule has 216 valence electrons. The summed E-state index contributed by atoms with van der Waals surface area (Å²) in [6.45, 7) is 5.85. The number of hydrogen-bond acceptors (Lipinski definition) is 9. The lowest BCUT2D eigenvalue weighted by atomic mass is 9.99. The number of morpholine rings is 1. The van der Waals surface area contributed by atoms with Crippen molar-refractivity contribution >= 4 is 29.1 Å². The maximum absolute atomic E-state index is 12.6. The predicted octanol–water partition coefficient (Wildman–Crippen LogP) is 4.05. The highest BCUT2D eigenvalue weighted by Crippen LogP contribution is 2.29. The van der Waals surface area contributed by atoms with Crippen LogP contribution >= 0.6 is 0 Å². The van der Waals surface area contributed by atoms with Crippen molar-refractivity contribution in [2.75, 3.05) is 69.1 Å². The number of anilines is 3. The van der Waals surface area contributed by atoms with Gasteiger partial charge in [-0.3, -0.25) is 4.79 Å². The van der Waals surface area contributed by atoms with Crippen molar-refractivity contribution in [2.24, 2.45) is 0 Å². The van der Waals surface area contributed by atoms with Crippen LogP contribution in [-0.2, 0) is 9.47 Å². The summed E-state index contributed by atoms with van der Waals surface area (Å²) in [7, 11) is 3.70. The highest BCUT2D eigenvalue weighted by atomic mass is 16.5. The van der Waals surface area contributed by atoms with E-state index in [-0.39, 0.29) is 23.8 Å². The van der Waals surface area contributed by atoms with Gasteiger partial charge in [0.1, 0.15) is 5.82 Å². The zero-order valence-corrected chi connectivity index (χ0v) is 23.8. The van der Waals surface area contributed by atoms with Crippen molar-refractivity contribution in [1.82, 2.24) is 19.9 Å². The molecule has 1 atom stereocenters. The third kappa shape index (κ3) is 7.43. The molecule has 2 saturated heterocycles. The number of urea groups is 1. The Morgan fingerprint density at radius 1 is 0.902 bits per heavy atom. The Hall–Kier alpha value is -3.93. The third-order valence-electron chi connectivity index (χ3n) is 7.18. The number of amides is 2. The Labute approximate surface area is 240 Å². The van der Waals surface area contributed by atoms with Gasteiger partial charge in [-0.1, -0.05) is 0 Å². The average molecular weight is 560 g/mol. The van der Waals surface area contributed by atoms with Gasteiger partial charge in [0.15, 0.2) is 11.6 Å². The third-order valence-corrected chi connectivity index (χ3v) is 7.18. The number of likely N-dealkylation sites (N-methyl/N-ethyl adjacent to an activating group) is 1. The fraction of sp³-hybridized carbons (Fsp3) is 0.433. The number of Topliss-reactive ketones (excluding diaryl/α,β-unsaturated/α-hetero) is 1. The number of aromatic nitrogens is 3. The van der Waals surface area contributed by atoms with Crippen LogP contribution in [0.1, 0.15) is 41.9 Å². The Bertz CT molecular complexity index is 1340. The molecule has 5 rings (SSSR count). The fourth-order valence-corrected chi connectivity index (χ4v) is 4.91. The second kappa shape index (κ2) is 13.2. The van der Waals surface area contributed by atoms with E-state index in [2.05, 4.69) is 22.5 Å². The zero-order chi connectivity index (χ0) is 28.8.